The second-order valence-corrected chi connectivity index (χ2v) is 0.408. The number of allylic oxidation sites excluding steroid dienone is 1. The minimum absolute atomic E-state index is 0. The first-order valence-electron chi connectivity index (χ1n) is 1.32. The van der Waals surface area contributed by atoms with E-state index in [9.17, 15) is 0 Å². The van der Waals surface area contributed by atoms with Crippen LogP contribution in [0.3, 0.4) is 0 Å². The summed E-state index contributed by atoms with van der Waals surface area (Å²) in [5.74, 6) is 0. The molecule has 0 radical (unpaired) electrons. The Bertz CT molecular complexity index is 28.2. The van der Waals surface area contributed by atoms with E-state index >= 15 is 0 Å². The first-order chi connectivity index (χ1) is 2.41. The molecule has 0 atom stereocenters. The van der Waals surface area contributed by atoms with Crippen molar-refractivity contribution in [1.29, 1.82) is 0 Å². The van der Waals surface area contributed by atoms with Crippen LogP contribution in [-0.4, -0.2) is 5.48 Å². The number of terminal acetylenes is 1. The molecule has 0 rings (SSSR count). The van der Waals surface area contributed by atoms with Gasteiger partial charge in [-0.15, -0.1) is 19.4 Å². The average Bonchev–Trinajstić information content (AvgIpc) is 1.46. The summed E-state index contributed by atoms with van der Waals surface area (Å²) < 4.78 is 0. The van der Waals surface area contributed by atoms with Crippen LogP contribution < -0.4 is 0 Å². The third-order valence-electron chi connectivity index (χ3n) is 0. The van der Waals surface area contributed by atoms with Crippen LogP contribution in [-0.2, 0) is 0 Å². The normalized spacial score (nSPS) is 2.50. The van der Waals surface area contributed by atoms with Gasteiger partial charge in [0.15, 0.2) is 0 Å². The van der Waals surface area contributed by atoms with Crippen LogP contribution in [0.1, 0.15) is 6.92 Å². The molecule has 0 amide bonds. The molecule has 0 fully saturated rings. The van der Waals surface area contributed by atoms with E-state index in [0.717, 1.165) is 0 Å². The van der Waals surface area contributed by atoms with Crippen molar-refractivity contribution in [2.45, 2.75) is 6.92 Å². The molecule has 0 aliphatic heterocycles. The van der Waals surface area contributed by atoms with E-state index in [1.54, 1.807) is 6.08 Å². The molecule has 0 saturated carbocycles. The van der Waals surface area contributed by atoms with Crippen LogP contribution in [0.5, 0.6) is 0 Å². The topological polar surface area (TPSA) is 31.5 Å². The van der Waals surface area contributed by atoms with Gasteiger partial charge >= 0.3 is 0 Å². The van der Waals surface area contributed by atoms with Crippen molar-refractivity contribution in [2.75, 3.05) is 0 Å². The Labute approximate surface area is 39.0 Å². The smallest absolute Gasteiger partial charge is 0.0473 e. The molecule has 0 heterocycles. The minimum atomic E-state index is 0. The summed E-state index contributed by atoms with van der Waals surface area (Å²) in [7, 11) is 0. The zero-order valence-electron chi connectivity index (χ0n) is 3.94. The summed E-state index contributed by atoms with van der Waals surface area (Å²) in [6.07, 6.45) is 9.75. The number of hydrogen-bond donors (Lipinski definition) is 0. The van der Waals surface area contributed by atoms with E-state index < -0.39 is 0 Å². The molecule has 0 aromatic heterocycles. The average molecular weight is 86.1 g/mol. The number of hydrogen-bond acceptors (Lipinski definition) is 0. The molecule has 0 aromatic carbocycles. The lowest BCUT2D eigenvalue weighted by atomic mass is 10.8. The first-order valence-corrected chi connectivity index (χ1v) is 1.32. The van der Waals surface area contributed by atoms with Gasteiger partial charge in [-0.2, -0.15) is 0 Å². The third kappa shape index (κ3) is 30.4. The van der Waals surface area contributed by atoms with Crippen molar-refractivity contribution in [1.82, 2.24) is 0 Å². The lowest BCUT2D eigenvalue weighted by Crippen LogP contribution is -1.07. The predicted octanol–water partition coefficient (Wildman–Crippen LogP) is 0.617. The van der Waals surface area contributed by atoms with Crippen molar-refractivity contribution in [3.8, 4) is 12.8 Å². The van der Waals surface area contributed by atoms with E-state index in [1.807, 2.05) is 6.92 Å². The molecular weight excluding hydrogens is 76.1 g/mol. The zero-order valence-corrected chi connectivity index (χ0v) is 3.94. The monoisotopic (exact) mass is 86.1 g/mol. The van der Waals surface area contributed by atoms with Crippen LogP contribution in [0.15, 0.2) is 12.7 Å². The standard InChI is InChI=1S/C3H6.C2H2.H2O/c1-3-2;1-2;/h3H,1H2,2H3;1-2H;1H2. The number of rotatable bonds is 0. The van der Waals surface area contributed by atoms with E-state index in [4.69, 9.17) is 0 Å². The molecule has 1 heteroatoms. The van der Waals surface area contributed by atoms with Crippen molar-refractivity contribution in [2.24, 2.45) is 0 Å². The first kappa shape index (κ1) is 18.7. The van der Waals surface area contributed by atoms with Gasteiger partial charge in [0.2, 0.25) is 0 Å². The maximum Gasteiger partial charge on any atom is -0.0473 e. The van der Waals surface area contributed by atoms with Gasteiger partial charge in [0.1, 0.15) is 0 Å². The van der Waals surface area contributed by atoms with Gasteiger partial charge < -0.3 is 5.48 Å². The van der Waals surface area contributed by atoms with Gasteiger partial charge in [-0.25, -0.2) is 0 Å². The molecular formula is C5H10O. The van der Waals surface area contributed by atoms with Gasteiger partial charge in [-0.1, -0.05) is 6.08 Å². The largest absolute Gasteiger partial charge is 0.412 e. The summed E-state index contributed by atoms with van der Waals surface area (Å²) in [4.78, 5) is 0. The Kier molecular flexibility index (Phi) is 2090. The minimum Gasteiger partial charge on any atom is -0.412 e. The molecule has 1 nitrogen and oxygen atoms in total. The highest BCUT2D eigenvalue weighted by Gasteiger charge is 1.15. The molecule has 0 unspecified atom stereocenters. The van der Waals surface area contributed by atoms with Gasteiger partial charge in [0.05, 0.1) is 0 Å². The van der Waals surface area contributed by atoms with Crippen molar-refractivity contribution in [3.05, 3.63) is 12.7 Å². The molecule has 0 aliphatic carbocycles. The second-order valence-electron chi connectivity index (χ2n) is 0.408. The maximum absolute atomic E-state index is 4.00. The van der Waals surface area contributed by atoms with E-state index in [2.05, 4.69) is 19.4 Å². The SMILES string of the molecule is C#C.C=CC.O. The lowest BCUT2D eigenvalue weighted by Gasteiger charge is -1.31. The van der Waals surface area contributed by atoms with Gasteiger partial charge in [0.25, 0.3) is 0 Å². The van der Waals surface area contributed by atoms with Crippen molar-refractivity contribution in [3.63, 3.8) is 0 Å². The lowest BCUT2D eigenvalue weighted by molar-refractivity contribution is 0.824. The molecule has 0 spiro atoms. The Morgan fingerprint density at radius 2 is 1.50 bits per heavy atom. The highest BCUT2D eigenvalue weighted by atomic mass is 16.0. The molecule has 2 N–H and O–H groups in total. The summed E-state index contributed by atoms with van der Waals surface area (Å²) in [5.41, 5.74) is 0. The van der Waals surface area contributed by atoms with Crippen LogP contribution in [0.25, 0.3) is 0 Å². The molecule has 0 saturated heterocycles. The third-order valence-corrected chi connectivity index (χ3v) is 0. The molecule has 36 valence electrons. The summed E-state index contributed by atoms with van der Waals surface area (Å²) in [6, 6.07) is 0. The second kappa shape index (κ2) is 670. The van der Waals surface area contributed by atoms with Crippen molar-refractivity contribution < 1.29 is 5.48 Å². The summed E-state index contributed by atoms with van der Waals surface area (Å²) >= 11 is 0. The molecule has 6 heavy (non-hydrogen) atoms. The fraction of sp³-hybridized carbons (Fsp3) is 0.200. The van der Waals surface area contributed by atoms with E-state index in [0.29, 0.717) is 0 Å². The molecule has 0 aromatic rings. The molecule has 0 bridgehead atoms. The summed E-state index contributed by atoms with van der Waals surface area (Å²) in [5, 5.41) is 0. The van der Waals surface area contributed by atoms with Gasteiger partial charge in [0, 0.05) is 0 Å². The van der Waals surface area contributed by atoms with Crippen LogP contribution in [0, 0.1) is 12.8 Å². The van der Waals surface area contributed by atoms with Gasteiger partial charge in [-0.3, -0.25) is 0 Å². The Hall–Kier alpha value is -0.740. The molecule has 0 aliphatic rings. The Morgan fingerprint density at radius 3 is 1.50 bits per heavy atom. The summed E-state index contributed by atoms with van der Waals surface area (Å²) in [6.45, 7) is 5.25. The van der Waals surface area contributed by atoms with Gasteiger partial charge in [-0.05, 0) is 6.92 Å². The highest BCUT2D eigenvalue weighted by Crippen LogP contribution is 1.38. The fourth-order valence-corrected chi connectivity index (χ4v) is 0. The zero-order chi connectivity index (χ0) is 4.71. The van der Waals surface area contributed by atoms with Crippen LogP contribution in [0.2, 0.25) is 0 Å². The fourth-order valence-electron chi connectivity index (χ4n) is 0. The van der Waals surface area contributed by atoms with E-state index in [1.165, 1.54) is 0 Å². The quantitative estimate of drug-likeness (QED) is 0.305. The maximum atomic E-state index is 4.00. The Morgan fingerprint density at radius 1 is 1.50 bits per heavy atom. The van der Waals surface area contributed by atoms with E-state index in [-0.39, 0.29) is 5.48 Å². The predicted molar refractivity (Wildman–Crippen MR) is 29.4 cm³/mol. The van der Waals surface area contributed by atoms with Crippen LogP contribution in [0.4, 0.5) is 0 Å². The van der Waals surface area contributed by atoms with Crippen LogP contribution >= 0.6 is 0 Å². The van der Waals surface area contributed by atoms with Crippen molar-refractivity contribution >= 4 is 0 Å². The Balaban J connectivity index is -0.0000000275. The highest BCUT2D eigenvalue weighted by molar-refractivity contribution is 4.51.